The Bertz CT molecular complexity index is 2350. The van der Waals surface area contributed by atoms with Crippen molar-refractivity contribution in [3.63, 3.8) is 0 Å². The van der Waals surface area contributed by atoms with Crippen LogP contribution in [0.4, 0.5) is 0 Å². The molecule has 1 aliphatic carbocycles. The number of thiol groups is 2. The molecule has 1 aliphatic rings. The predicted molar refractivity (Wildman–Crippen MR) is 319 cm³/mol. The van der Waals surface area contributed by atoms with Crippen LogP contribution in [0.1, 0.15) is 110 Å². The Labute approximate surface area is 490 Å². The highest BCUT2D eigenvalue weighted by molar-refractivity contribution is 7.81. The molecule has 0 aromatic heterocycles. The van der Waals surface area contributed by atoms with Crippen molar-refractivity contribution in [3.8, 4) is 5.75 Å². The molecule has 24 N–H and O–H groups in total. The van der Waals surface area contributed by atoms with Gasteiger partial charge in [0.2, 0.25) is 53.2 Å². The molecule has 82 heavy (non-hydrogen) atoms. The van der Waals surface area contributed by atoms with Gasteiger partial charge in [0.1, 0.15) is 48.0 Å². The molecular formula is C51H89N19O10S2. The van der Waals surface area contributed by atoms with Gasteiger partial charge in [-0.2, -0.15) is 25.3 Å². The molecule has 7 atom stereocenters. The van der Waals surface area contributed by atoms with Gasteiger partial charge in [0, 0.05) is 56.1 Å². The van der Waals surface area contributed by atoms with Gasteiger partial charge < -0.3 is 93.1 Å². The molecule has 0 bridgehead atoms. The summed E-state index contributed by atoms with van der Waals surface area (Å²) in [5.74, 6) is -8.33. The number of hydrogen-bond acceptors (Lipinski definition) is 16. The number of primary amides is 1. The number of amides is 9. The minimum absolute atomic E-state index is 0.0265. The molecule has 31 heteroatoms. The van der Waals surface area contributed by atoms with E-state index in [0.29, 0.717) is 17.9 Å². The first-order chi connectivity index (χ1) is 38.8. The number of carbonyl (C=O) groups excluding carboxylic acids is 9. The van der Waals surface area contributed by atoms with Gasteiger partial charge in [0.05, 0.1) is 13.0 Å². The molecule has 9 amide bonds. The third-order valence-corrected chi connectivity index (χ3v) is 13.8. The molecule has 0 spiro atoms. The number of rotatable bonds is 38. The van der Waals surface area contributed by atoms with E-state index in [1.165, 1.54) is 0 Å². The van der Waals surface area contributed by atoms with Crippen molar-refractivity contribution in [2.24, 2.45) is 66.8 Å². The van der Waals surface area contributed by atoms with Gasteiger partial charge in [-0.05, 0) is 81.9 Å². The van der Waals surface area contributed by atoms with Gasteiger partial charge in [0.25, 0.3) is 0 Å². The van der Waals surface area contributed by atoms with Gasteiger partial charge in [0.15, 0.2) is 17.9 Å². The number of nitrogens with zero attached hydrogens (tertiary/aromatic N) is 3. The number of aliphatic imine (C=N–C) groups is 3. The van der Waals surface area contributed by atoms with Crippen LogP contribution < -0.4 is 93.1 Å². The van der Waals surface area contributed by atoms with E-state index in [-0.39, 0.29) is 108 Å². The van der Waals surface area contributed by atoms with Crippen LogP contribution in [0.5, 0.6) is 5.75 Å². The van der Waals surface area contributed by atoms with Gasteiger partial charge in [-0.15, -0.1) is 0 Å². The van der Waals surface area contributed by atoms with Crippen LogP contribution in [0.15, 0.2) is 39.2 Å². The SMILES string of the molecule is CCOc1ccc(C[C@@H](NC(=O)CC2(S)CCCCC2)C(=O)N[C@@H](CCCN=C(N)N)C(=O)N[C@H](C(=O)N[C@@H](CC(N)=O)C(=O)N[C@@H](CS)C(=O)N[C@@H](CCCN=C(N)N)C(=O)N[C@@H](CCCN=C(N)N)C(=O)NCCN)C(C)C)cc1. The van der Waals surface area contributed by atoms with Crippen molar-refractivity contribution in [2.45, 2.75) is 158 Å². The van der Waals surface area contributed by atoms with Gasteiger partial charge in [-0.3, -0.25) is 58.1 Å². The van der Waals surface area contributed by atoms with Crippen molar-refractivity contribution in [2.75, 3.05) is 45.1 Å². The summed E-state index contributed by atoms with van der Waals surface area (Å²) in [5, 5.41) is 21.0. The zero-order chi connectivity index (χ0) is 61.4. The van der Waals surface area contributed by atoms with Crippen LogP contribution in [0.3, 0.4) is 0 Å². The fourth-order valence-corrected chi connectivity index (χ4v) is 9.36. The second-order valence-electron chi connectivity index (χ2n) is 20.2. The normalized spacial score (nSPS) is 15.2. The molecule has 1 aromatic carbocycles. The van der Waals surface area contributed by atoms with E-state index in [1.807, 2.05) is 6.92 Å². The molecule has 0 heterocycles. The van der Waals surface area contributed by atoms with Gasteiger partial charge in [-0.1, -0.05) is 45.2 Å². The maximum Gasteiger partial charge on any atom is 0.244 e. The minimum atomic E-state index is -1.73. The Morgan fingerprint density at radius 1 is 0.585 bits per heavy atom. The quantitative estimate of drug-likeness (QED) is 0.0129. The Morgan fingerprint density at radius 3 is 1.48 bits per heavy atom. The average molecular weight is 1190 g/mol. The lowest BCUT2D eigenvalue weighted by Crippen LogP contribution is -2.61. The molecular weight excluding hydrogens is 1100 g/mol. The van der Waals surface area contributed by atoms with Crippen LogP contribution in [-0.4, -0.2) is 163 Å². The molecule has 0 radical (unpaired) electrons. The van der Waals surface area contributed by atoms with Crippen molar-refractivity contribution in [3.05, 3.63) is 29.8 Å². The monoisotopic (exact) mass is 1190 g/mol. The minimum Gasteiger partial charge on any atom is -0.494 e. The summed E-state index contributed by atoms with van der Waals surface area (Å²) in [7, 11) is 0. The predicted octanol–water partition coefficient (Wildman–Crippen LogP) is -4.26. The summed E-state index contributed by atoms with van der Waals surface area (Å²) in [5.41, 5.74) is 44.7. The summed E-state index contributed by atoms with van der Waals surface area (Å²) in [6.07, 6.45) is 4.20. The number of guanidine groups is 3. The Hall–Kier alpha value is -7.28. The van der Waals surface area contributed by atoms with Crippen LogP contribution in [0, 0.1) is 5.92 Å². The lowest BCUT2D eigenvalue weighted by atomic mass is 9.85. The van der Waals surface area contributed by atoms with E-state index in [1.54, 1.807) is 38.1 Å². The largest absolute Gasteiger partial charge is 0.494 e. The van der Waals surface area contributed by atoms with Crippen molar-refractivity contribution < 1.29 is 47.9 Å². The first kappa shape index (κ1) is 70.8. The number of nitrogens with one attached hydrogen (secondary N) is 8. The molecule has 1 fully saturated rings. The second-order valence-corrected chi connectivity index (χ2v) is 21.5. The summed E-state index contributed by atoms with van der Waals surface area (Å²) in [4.78, 5) is 136. The molecule has 1 aromatic rings. The van der Waals surface area contributed by atoms with E-state index in [9.17, 15) is 43.2 Å². The third-order valence-electron chi connectivity index (χ3n) is 12.9. The summed E-state index contributed by atoms with van der Waals surface area (Å²) < 4.78 is 5.02. The molecule has 0 unspecified atom stereocenters. The number of nitrogens with two attached hydrogens (primary N) is 8. The molecule has 460 valence electrons. The summed E-state index contributed by atoms with van der Waals surface area (Å²) >= 11 is 9.10. The smallest absolute Gasteiger partial charge is 0.244 e. The van der Waals surface area contributed by atoms with E-state index in [0.717, 1.165) is 32.1 Å². The molecule has 0 aliphatic heterocycles. The lowest BCUT2D eigenvalue weighted by molar-refractivity contribution is -0.136. The fraction of sp³-hybridized carbons (Fsp3) is 0.647. The molecule has 0 saturated heterocycles. The Morgan fingerprint density at radius 2 is 1.02 bits per heavy atom. The Kier molecular flexibility index (Phi) is 32.5. The number of ether oxygens (including phenoxy) is 1. The highest BCUT2D eigenvalue weighted by Crippen LogP contribution is 2.36. The Balaban J connectivity index is 2.41. The average Bonchev–Trinajstić information content (AvgIpc) is 3.50. The number of hydrogen-bond donors (Lipinski definition) is 18. The number of carbonyl (C=O) groups is 9. The first-order valence-electron chi connectivity index (χ1n) is 27.4. The summed E-state index contributed by atoms with van der Waals surface area (Å²) in [6, 6.07) is -2.62. The highest BCUT2D eigenvalue weighted by atomic mass is 32.1. The zero-order valence-electron chi connectivity index (χ0n) is 47.2. The first-order valence-corrected chi connectivity index (χ1v) is 28.5. The van der Waals surface area contributed by atoms with E-state index in [2.05, 4.69) is 70.1 Å². The van der Waals surface area contributed by atoms with Crippen LogP contribution in [-0.2, 0) is 49.6 Å². The van der Waals surface area contributed by atoms with Crippen LogP contribution in [0.2, 0.25) is 0 Å². The number of benzene rings is 1. The topological polar surface area (TPSA) is 504 Å². The zero-order valence-corrected chi connectivity index (χ0v) is 49.0. The van der Waals surface area contributed by atoms with Crippen molar-refractivity contribution in [1.82, 2.24) is 42.5 Å². The second kappa shape index (κ2) is 37.7. The highest BCUT2D eigenvalue weighted by Gasteiger charge is 2.37. The third kappa shape index (κ3) is 27.9. The lowest BCUT2D eigenvalue weighted by Gasteiger charge is -2.32. The van der Waals surface area contributed by atoms with Crippen molar-refractivity contribution >= 4 is 96.3 Å². The molecule has 29 nitrogen and oxygen atoms in total. The van der Waals surface area contributed by atoms with Crippen molar-refractivity contribution in [1.29, 1.82) is 0 Å². The molecule has 2 rings (SSSR count). The van der Waals surface area contributed by atoms with Crippen LogP contribution >= 0.6 is 25.3 Å². The van der Waals surface area contributed by atoms with Crippen LogP contribution in [0.25, 0.3) is 0 Å². The fourth-order valence-electron chi connectivity index (χ4n) is 8.64. The van der Waals surface area contributed by atoms with E-state index < -0.39 is 113 Å². The van der Waals surface area contributed by atoms with E-state index in [4.69, 9.17) is 63.2 Å². The standard InChI is InChI=1S/C51H89N19O10S2/c1-4-80-31-16-14-30(15-17-31)25-35(64-39(72)27-51(82)18-6-5-7-19-51)44(76)66-34(13-10-23-63-50(58)59)43(75)70-40(29(2)3)47(79)68-36(26-38(53)71)45(77)69-37(28-81)46(78)67-33(12-9-22-62-49(56)57)42(74)65-32(41(73)60-24-20-52)11-8-21-61-48(54)55/h14-17,29,32-37,40,81-82H,4-13,18-28,52H2,1-3H3,(H2,53,71)(H,60,73)(H,64,72)(H,65,74)(H,66,76)(H,67,78)(H,68,79)(H,69,77)(H,70,75)(H4,54,55,61)(H4,56,57,62)(H4,58,59,63)/t32-,33-,34-,35+,36-,37-,40-/m0/s1. The molecule has 1 saturated carbocycles. The maximum absolute atomic E-state index is 14.4. The maximum atomic E-state index is 14.4. The van der Waals surface area contributed by atoms with Gasteiger partial charge >= 0.3 is 0 Å². The summed E-state index contributed by atoms with van der Waals surface area (Å²) in [6.45, 7) is 5.93. The van der Waals surface area contributed by atoms with E-state index >= 15 is 0 Å². The van der Waals surface area contributed by atoms with Gasteiger partial charge in [-0.25, -0.2) is 0 Å².